The topological polar surface area (TPSA) is 13.8 Å². The summed E-state index contributed by atoms with van der Waals surface area (Å²) in [6, 6.07) is 83.4. The summed E-state index contributed by atoms with van der Waals surface area (Å²) < 4.78 is 7.53. The molecule has 0 bridgehead atoms. The van der Waals surface area contributed by atoms with Crippen LogP contribution in [0.5, 0.6) is 0 Å². The Balaban J connectivity index is 1.34. The highest BCUT2D eigenvalue weighted by Gasteiger charge is 2.41. The van der Waals surface area contributed by atoms with Crippen molar-refractivity contribution in [2.45, 2.75) is 0 Å². The second-order valence-corrected chi connectivity index (χ2v) is 19.1. The van der Waals surface area contributed by atoms with E-state index in [-0.39, 0.29) is 0 Å². The predicted molar refractivity (Wildman–Crippen MR) is 248 cm³/mol. The maximum atomic E-state index is 2.54. The van der Waals surface area contributed by atoms with Crippen LogP contribution in [0.4, 0.5) is 0 Å². The summed E-state index contributed by atoms with van der Waals surface area (Å²) in [4.78, 5) is 0. The number of aromatic nitrogens is 3. The Kier molecular flexibility index (Phi) is 7.25. The monoisotopic (exact) mass is 755 g/mol. The number of hydrogen-bond acceptors (Lipinski definition) is 0. The van der Waals surface area contributed by atoms with Gasteiger partial charge in [-0.25, -0.2) is 0 Å². The maximum Gasteiger partial charge on any atom is 0.179 e. The molecule has 3 heterocycles. The van der Waals surface area contributed by atoms with Crippen LogP contribution >= 0.6 is 0 Å². The summed E-state index contributed by atoms with van der Waals surface area (Å²) in [7, 11) is -2.79. The van der Waals surface area contributed by atoms with Crippen LogP contribution in [0.15, 0.2) is 224 Å². The zero-order valence-corrected chi connectivity index (χ0v) is 32.7. The molecule has 0 aliphatic carbocycles. The second kappa shape index (κ2) is 12.8. The standard InChI is InChI=1S/C54H37N3Si/c1-5-19-38(20-6-1)55-49-31-15-16-32-50(49)56-48-36-35-42(58(39-21-7-2-8-22-39,40-23-9-3-10-24-40)41-25-11-4-12-26-41)37-46(48)45-29-18-34-52(54(45)56)57-47-30-14-13-27-43(47)44-28-17-33-51(55)53(44)57/h1-37H. The molecule has 0 saturated heterocycles. The fourth-order valence-corrected chi connectivity index (χ4v) is 14.8. The molecule has 0 aliphatic rings. The van der Waals surface area contributed by atoms with Gasteiger partial charge in [-0.3, -0.25) is 0 Å². The lowest BCUT2D eigenvalue weighted by atomic mass is 10.1. The Labute approximate surface area is 336 Å². The second-order valence-electron chi connectivity index (χ2n) is 15.3. The Morgan fingerprint density at radius 2 is 0.690 bits per heavy atom. The van der Waals surface area contributed by atoms with Crippen molar-refractivity contribution in [3.8, 4) is 5.69 Å². The summed E-state index contributed by atoms with van der Waals surface area (Å²) in [6.45, 7) is 0. The fourth-order valence-electron chi connectivity index (χ4n) is 10.0. The van der Waals surface area contributed by atoms with Crippen LogP contribution in [-0.2, 0) is 0 Å². The van der Waals surface area contributed by atoms with Gasteiger partial charge in [0.15, 0.2) is 8.07 Å². The van der Waals surface area contributed by atoms with Gasteiger partial charge in [-0.05, 0) is 69.3 Å². The molecule has 0 unspecified atom stereocenters. The smallest absolute Gasteiger partial charge is 0.179 e. The molecule has 4 heteroatoms. The molecule has 12 rings (SSSR count). The SMILES string of the molecule is c1ccc(-n2c3ccccc3n3c4ccc([Si](c5ccccc5)(c5ccccc5)c5ccccc5)cc4c4cccc(c43)n3c4ccccc4c4cccc2c43)cc1. The Hall–Kier alpha value is -7.40. The first kappa shape index (κ1) is 32.8. The number of nitrogens with zero attached hydrogens (tertiary/aromatic N) is 3. The highest BCUT2D eigenvalue weighted by molar-refractivity contribution is 7.20. The van der Waals surface area contributed by atoms with Gasteiger partial charge in [0.25, 0.3) is 0 Å². The lowest BCUT2D eigenvalue weighted by Gasteiger charge is -2.34. The zero-order valence-electron chi connectivity index (χ0n) is 31.7. The molecule has 9 aromatic carbocycles. The van der Waals surface area contributed by atoms with E-state index in [2.05, 4.69) is 238 Å². The minimum absolute atomic E-state index is 1.12. The molecule has 0 fully saturated rings. The van der Waals surface area contributed by atoms with Crippen LogP contribution in [-0.4, -0.2) is 21.4 Å². The van der Waals surface area contributed by atoms with E-state index in [4.69, 9.17) is 0 Å². The molecule has 0 aliphatic heterocycles. The van der Waals surface area contributed by atoms with Crippen molar-refractivity contribution >= 4 is 94.5 Å². The molecular formula is C54H37N3Si. The van der Waals surface area contributed by atoms with E-state index in [0.29, 0.717) is 0 Å². The van der Waals surface area contributed by atoms with Crippen molar-refractivity contribution < 1.29 is 0 Å². The van der Waals surface area contributed by atoms with Crippen molar-refractivity contribution in [3.63, 3.8) is 0 Å². The van der Waals surface area contributed by atoms with E-state index in [0.717, 1.165) is 27.8 Å². The summed E-state index contributed by atoms with van der Waals surface area (Å²) in [5, 5.41) is 10.4. The van der Waals surface area contributed by atoms with Gasteiger partial charge in [0.2, 0.25) is 0 Å². The van der Waals surface area contributed by atoms with Crippen LogP contribution in [0.25, 0.3) is 71.4 Å². The van der Waals surface area contributed by atoms with Crippen molar-refractivity contribution in [1.29, 1.82) is 0 Å². The van der Waals surface area contributed by atoms with Gasteiger partial charge in [-0.15, -0.1) is 0 Å². The third-order valence-electron chi connectivity index (χ3n) is 12.4. The Morgan fingerprint density at radius 1 is 0.259 bits per heavy atom. The average molecular weight is 756 g/mol. The number of fused-ring (bicyclic) bond motifs is 9. The van der Waals surface area contributed by atoms with E-state index in [1.807, 2.05) is 0 Å². The molecule has 0 N–H and O–H groups in total. The van der Waals surface area contributed by atoms with Gasteiger partial charge in [-0.1, -0.05) is 176 Å². The van der Waals surface area contributed by atoms with Crippen LogP contribution in [0.3, 0.4) is 0 Å². The Morgan fingerprint density at radius 3 is 1.33 bits per heavy atom. The molecule has 272 valence electrons. The summed E-state index contributed by atoms with van der Waals surface area (Å²) >= 11 is 0. The van der Waals surface area contributed by atoms with E-state index in [1.165, 1.54) is 64.4 Å². The summed E-state index contributed by atoms with van der Waals surface area (Å²) in [5.74, 6) is 0. The van der Waals surface area contributed by atoms with E-state index < -0.39 is 8.07 Å². The van der Waals surface area contributed by atoms with E-state index >= 15 is 0 Å². The first-order valence-corrected chi connectivity index (χ1v) is 22.0. The predicted octanol–water partition coefficient (Wildman–Crippen LogP) is 10.7. The van der Waals surface area contributed by atoms with Crippen molar-refractivity contribution in [2.75, 3.05) is 0 Å². The Bertz CT molecular complexity index is 3450. The molecule has 3 nitrogen and oxygen atoms in total. The first-order valence-electron chi connectivity index (χ1n) is 20.0. The molecular weight excluding hydrogens is 719 g/mol. The van der Waals surface area contributed by atoms with Gasteiger partial charge in [0.05, 0.1) is 44.1 Å². The number of benzene rings is 9. The normalized spacial score (nSPS) is 12.1. The number of para-hydroxylation sites is 6. The third-order valence-corrected chi connectivity index (χ3v) is 17.1. The highest BCUT2D eigenvalue weighted by atomic mass is 28.3. The van der Waals surface area contributed by atoms with Crippen LogP contribution in [0, 0.1) is 0 Å². The van der Waals surface area contributed by atoms with Crippen molar-refractivity contribution in [2.24, 2.45) is 0 Å². The molecule has 0 atom stereocenters. The van der Waals surface area contributed by atoms with Gasteiger partial charge in [0, 0.05) is 27.2 Å². The van der Waals surface area contributed by atoms with Crippen molar-refractivity contribution in [3.05, 3.63) is 224 Å². The molecule has 3 aromatic heterocycles. The molecule has 0 saturated carbocycles. The zero-order chi connectivity index (χ0) is 38.2. The van der Waals surface area contributed by atoms with Gasteiger partial charge < -0.3 is 13.4 Å². The molecule has 0 spiro atoms. The average Bonchev–Trinajstić information content (AvgIpc) is 3.83. The van der Waals surface area contributed by atoms with Gasteiger partial charge >= 0.3 is 0 Å². The highest BCUT2D eigenvalue weighted by Crippen LogP contribution is 2.39. The molecule has 58 heavy (non-hydrogen) atoms. The third kappa shape index (κ3) is 4.55. The fraction of sp³-hybridized carbons (Fsp3) is 0. The summed E-state index contributed by atoms with van der Waals surface area (Å²) in [5.41, 5.74) is 10.4. The quantitative estimate of drug-likeness (QED) is 0.123. The van der Waals surface area contributed by atoms with Gasteiger partial charge in [-0.2, -0.15) is 0 Å². The largest absolute Gasteiger partial charge is 0.306 e. The van der Waals surface area contributed by atoms with Crippen LogP contribution in [0.2, 0.25) is 0 Å². The molecule has 0 radical (unpaired) electrons. The number of hydrogen-bond donors (Lipinski definition) is 0. The van der Waals surface area contributed by atoms with Crippen LogP contribution < -0.4 is 20.7 Å². The van der Waals surface area contributed by atoms with E-state index in [1.54, 1.807) is 0 Å². The lowest BCUT2D eigenvalue weighted by molar-refractivity contribution is 1.16. The minimum atomic E-state index is -2.79. The minimum Gasteiger partial charge on any atom is -0.306 e. The van der Waals surface area contributed by atoms with Crippen LogP contribution in [0.1, 0.15) is 0 Å². The lowest BCUT2D eigenvalue weighted by Crippen LogP contribution is -2.74. The van der Waals surface area contributed by atoms with E-state index in [9.17, 15) is 0 Å². The number of rotatable bonds is 5. The first-order chi connectivity index (χ1) is 28.8. The molecule has 0 amide bonds. The summed E-state index contributed by atoms with van der Waals surface area (Å²) in [6.07, 6.45) is 0. The molecule has 12 aromatic rings. The van der Waals surface area contributed by atoms with Crippen molar-refractivity contribution in [1.82, 2.24) is 13.4 Å². The van der Waals surface area contributed by atoms with Gasteiger partial charge in [0.1, 0.15) is 0 Å². The maximum absolute atomic E-state index is 2.79.